The molecule has 8 nitrogen and oxygen atoms in total. The average molecular weight is 635 g/mol. The Kier molecular flexibility index (Phi) is 9.54. The minimum atomic E-state index is -0.571. The lowest BCUT2D eigenvalue weighted by atomic mass is 9.87. The van der Waals surface area contributed by atoms with E-state index in [1.54, 1.807) is 29.3 Å². The lowest BCUT2D eigenvalue weighted by Crippen LogP contribution is -2.59. The number of hydrogen-bond acceptors (Lipinski definition) is 6. The van der Waals surface area contributed by atoms with Crippen molar-refractivity contribution in [2.45, 2.75) is 59.0 Å². The normalized spacial score (nSPS) is 17.2. The maximum Gasteiger partial charge on any atom is 0.355 e. The first-order valence-electron chi connectivity index (χ1n) is 15.2. The molecular weight excluding hydrogens is 600 g/mol. The Morgan fingerprint density at radius 3 is 2.50 bits per heavy atom. The molecule has 1 saturated heterocycles. The van der Waals surface area contributed by atoms with Crippen molar-refractivity contribution in [3.05, 3.63) is 92.7 Å². The van der Waals surface area contributed by atoms with E-state index < -0.39 is 11.5 Å². The van der Waals surface area contributed by atoms with Gasteiger partial charge in [-0.1, -0.05) is 57.2 Å². The van der Waals surface area contributed by atoms with E-state index in [9.17, 15) is 9.59 Å². The van der Waals surface area contributed by atoms with E-state index in [2.05, 4.69) is 16.5 Å². The summed E-state index contributed by atoms with van der Waals surface area (Å²) in [5.74, 6) is 0.524. The zero-order valence-electron chi connectivity index (χ0n) is 26.6. The summed E-state index contributed by atoms with van der Waals surface area (Å²) in [5.41, 5.74) is 2.66. The second kappa shape index (κ2) is 13.2. The molecule has 0 spiro atoms. The topological polar surface area (TPSA) is 84.2 Å². The molecule has 1 amide bonds. The van der Waals surface area contributed by atoms with E-state index in [0.29, 0.717) is 47.7 Å². The average Bonchev–Trinajstić information content (AvgIpc) is 3.03. The van der Waals surface area contributed by atoms with Crippen LogP contribution in [0.2, 0.25) is 5.02 Å². The number of piperazine rings is 1. The van der Waals surface area contributed by atoms with Crippen LogP contribution >= 0.6 is 11.6 Å². The van der Waals surface area contributed by atoms with Crippen LogP contribution in [0.1, 0.15) is 57.4 Å². The molecule has 0 aliphatic carbocycles. The van der Waals surface area contributed by atoms with Gasteiger partial charge < -0.3 is 9.80 Å². The third kappa shape index (κ3) is 5.77. The summed E-state index contributed by atoms with van der Waals surface area (Å²) in [6.45, 7) is 14.3. The SMILES string of the molecule is [B]/C=C(\[B])C(=O)N1C[C@H](C)N(c2nc(=O)n(-c3c(CC)ccnc3C(C)C)c3nc(-c4c(F)cccc4C=C)c(Cl)cc23)[C@@H](C)C1. The highest BCUT2D eigenvalue weighted by atomic mass is 35.5. The van der Waals surface area contributed by atoms with Gasteiger partial charge in [0.25, 0.3) is 0 Å². The van der Waals surface area contributed by atoms with Crippen LogP contribution in [-0.4, -0.2) is 71.2 Å². The number of pyridine rings is 2. The Bertz CT molecular complexity index is 1930. The summed E-state index contributed by atoms with van der Waals surface area (Å²) in [6.07, 6.45) is 3.89. The van der Waals surface area contributed by atoms with E-state index in [1.807, 2.05) is 45.6 Å². The number of carbonyl (C=O) groups excluding carboxylic acids is 1. The van der Waals surface area contributed by atoms with Gasteiger partial charge in [0.1, 0.15) is 27.3 Å². The van der Waals surface area contributed by atoms with Crippen LogP contribution in [0.5, 0.6) is 0 Å². The van der Waals surface area contributed by atoms with Crippen LogP contribution in [0.4, 0.5) is 10.2 Å². The van der Waals surface area contributed by atoms with Crippen molar-refractivity contribution in [3.8, 4) is 16.9 Å². The van der Waals surface area contributed by atoms with E-state index in [-0.39, 0.29) is 51.3 Å². The Morgan fingerprint density at radius 2 is 1.89 bits per heavy atom. The van der Waals surface area contributed by atoms with Crippen LogP contribution < -0.4 is 10.6 Å². The number of benzene rings is 1. The van der Waals surface area contributed by atoms with E-state index in [1.165, 1.54) is 16.7 Å². The lowest BCUT2D eigenvalue weighted by Gasteiger charge is -2.45. The van der Waals surface area contributed by atoms with E-state index >= 15 is 4.39 Å². The second-order valence-corrected chi connectivity index (χ2v) is 12.2. The molecule has 4 aromatic rings. The number of rotatable bonds is 7. The van der Waals surface area contributed by atoms with Crippen molar-refractivity contribution in [2.75, 3.05) is 18.0 Å². The number of aromatic nitrogens is 4. The summed E-state index contributed by atoms with van der Waals surface area (Å²) in [7, 11) is 11.3. The highest BCUT2D eigenvalue weighted by Crippen LogP contribution is 2.38. The van der Waals surface area contributed by atoms with Gasteiger partial charge in [-0.2, -0.15) is 4.98 Å². The number of nitrogens with zero attached hydrogens (tertiary/aromatic N) is 6. The molecule has 4 heterocycles. The van der Waals surface area contributed by atoms with Gasteiger partial charge in [-0.15, -0.1) is 5.98 Å². The van der Waals surface area contributed by atoms with Crippen molar-refractivity contribution >= 4 is 56.1 Å². The van der Waals surface area contributed by atoms with Crippen molar-refractivity contribution in [1.29, 1.82) is 0 Å². The first-order valence-corrected chi connectivity index (χ1v) is 15.6. The summed E-state index contributed by atoms with van der Waals surface area (Å²) >= 11 is 6.92. The molecule has 12 heteroatoms. The smallest absolute Gasteiger partial charge is 0.347 e. The number of carbonyl (C=O) groups is 1. The highest BCUT2D eigenvalue weighted by molar-refractivity contribution is 6.40. The Balaban J connectivity index is 1.84. The standard InChI is InChI=1S/C34H34B2ClFN6O2/c1-7-21-10-9-11-26(38)27(21)29-25(37)14-23-31(40-29)44(30-22(8-2)12-13-39-28(30)18(3)4)34(46)41-32(23)43-19(5)16-42(17-20(43)6)33(45)24(36)15-35/h7,9-15,18-20H,1,8,16-17H2,2-6H3/b24-15-/t19-,20-/m0/s1. The van der Waals surface area contributed by atoms with Gasteiger partial charge in [-0.05, 0) is 61.0 Å². The van der Waals surface area contributed by atoms with Crippen LogP contribution in [0.25, 0.3) is 34.1 Å². The van der Waals surface area contributed by atoms with Gasteiger partial charge in [-0.3, -0.25) is 9.78 Å². The zero-order valence-corrected chi connectivity index (χ0v) is 27.3. The quantitative estimate of drug-likeness (QED) is 0.195. The number of hydrogen-bond donors (Lipinski definition) is 0. The molecule has 1 aliphatic heterocycles. The second-order valence-electron chi connectivity index (χ2n) is 11.8. The van der Waals surface area contributed by atoms with Crippen molar-refractivity contribution in [2.24, 2.45) is 0 Å². The van der Waals surface area contributed by atoms with Crippen molar-refractivity contribution in [3.63, 3.8) is 0 Å². The van der Waals surface area contributed by atoms with Crippen molar-refractivity contribution in [1.82, 2.24) is 24.4 Å². The molecule has 5 rings (SSSR count). The summed E-state index contributed by atoms with van der Waals surface area (Å²) in [6, 6.07) is 7.64. The highest BCUT2D eigenvalue weighted by Gasteiger charge is 2.35. The molecule has 0 saturated carbocycles. The van der Waals surface area contributed by atoms with Crippen LogP contribution in [0.3, 0.4) is 0 Å². The fraction of sp³-hybridized carbons (Fsp3) is 0.324. The molecule has 3 aromatic heterocycles. The lowest BCUT2D eigenvalue weighted by molar-refractivity contribution is -0.127. The molecule has 4 radical (unpaired) electrons. The minimum absolute atomic E-state index is 0.0329. The Labute approximate surface area is 275 Å². The monoisotopic (exact) mass is 634 g/mol. The fourth-order valence-electron chi connectivity index (χ4n) is 6.28. The van der Waals surface area contributed by atoms with Gasteiger partial charge in [0, 0.05) is 36.9 Å². The third-order valence-corrected chi connectivity index (χ3v) is 8.66. The number of fused-ring (bicyclic) bond motifs is 1. The number of anilines is 1. The molecule has 0 bridgehead atoms. The Morgan fingerprint density at radius 1 is 1.20 bits per heavy atom. The molecule has 2 atom stereocenters. The first kappa shape index (κ1) is 33.1. The van der Waals surface area contributed by atoms with Gasteiger partial charge in [0.15, 0.2) is 5.65 Å². The van der Waals surface area contributed by atoms with Gasteiger partial charge >= 0.3 is 5.69 Å². The minimum Gasteiger partial charge on any atom is -0.347 e. The molecule has 46 heavy (non-hydrogen) atoms. The molecule has 0 N–H and O–H groups in total. The number of halogens is 2. The fourth-order valence-corrected chi connectivity index (χ4v) is 6.52. The summed E-state index contributed by atoms with van der Waals surface area (Å²) in [5, 5.41) is 0.667. The van der Waals surface area contributed by atoms with Crippen LogP contribution in [0, 0.1) is 5.82 Å². The van der Waals surface area contributed by atoms with Gasteiger partial charge in [-0.25, -0.2) is 18.7 Å². The zero-order chi connectivity index (χ0) is 33.4. The number of aryl methyl sites for hydroxylation is 1. The summed E-state index contributed by atoms with van der Waals surface area (Å²) in [4.78, 5) is 45.1. The van der Waals surface area contributed by atoms with Crippen LogP contribution in [-0.2, 0) is 11.2 Å². The summed E-state index contributed by atoms with van der Waals surface area (Å²) < 4.78 is 16.9. The van der Waals surface area contributed by atoms with Crippen LogP contribution in [0.15, 0.2) is 59.3 Å². The maximum absolute atomic E-state index is 15.5. The van der Waals surface area contributed by atoms with Gasteiger partial charge in [0.2, 0.25) is 5.91 Å². The first-order chi connectivity index (χ1) is 21.9. The molecule has 1 fully saturated rings. The molecule has 1 aliphatic rings. The van der Waals surface area contributed by atoms with E-state index in [4.69, 9.17) is 32.3 Å². The molecule has 232 valence electrons. The predicted molar refractivity (Wildman–Crippen MR) is 184 cm³/mol. The largest absolute Gasteiger partial charge is 0.355 e. The third-order valence-electron chi connectivity index (χ3n) is 8.37. The molecular formula is C34H34B2ClFN6O2. The molecule has 0 unspecified atom stereocenters. The number of amides is 1. The maximum atomic E-state index is 15.5. The molecule has 1 aromatic carbocycles. The van der Waals surface area contributed by atoms with E-state index in [0.717, 1.165) is 11.5 Å². The van der Waals surface area contributed by atoms with Gasteiger partial charge in [0.05, 0.1) is 27.5 Å². The van der Waals surface area contributed by atoms with Crippen molar-refractivity contribution < 1.29 is 9.18 Å². The predicted octanol–water partition coefficient (Wildman–Crippen LogP) is 5.57. The Hall–Kier alpha value is -4.24.